The summed E-state index contributed by atoms with van der Waals surface area (Å²) < 4.78 is 6.80. The molecule has 2 aromatic heterocycles. The molecule has 0 unspecified atom stereocenters. The molecular weight excluding hydrogens is 597 g/mol. The van der Waals surface area contributed by atoms with Gasteiger partial charge in [-0.3, -0.25) is 9.97 Å². The molecule has 6 aromatic carbocycles. The van der Waals surface area contributed by atoms with Crippen LogP contribution in [-0.2, 0) is 0 Å². The number of aromatic nitrogens is 2. The van der Waals surface area contributed by atoms with Crippen molar-refractivity contribution in [3.63, 3.8) is 0 Å². The molecule has 0 spiro atoms. The van der Waals surface area contributed by atoms with Gasteiger partial charge in [0.2, 0.25) is 0 Å². The summed E-state index contributed by atoms with van der Waals surface area (Å²) >= 11 is 0. The van der Waals surface area contributed by atoms with Crippen LogP contribution in [0.2, 0.25) is 0 Å². The Balaban J connectivity index is 1.23. The topological polar surface area (TPSA) is 35.0 Å². The van der Waals surface area contributed by atoms with Crippen molar-refractivity contribution in [2.75, 3.05) is 0 Å². The van der Waals surface area contributed by atoms with Crippen molar-refractivity contribution in [3.8, 4) is 78.5 Å². The normalized spacial score (nSPS) is 10.9. The van der Waals surface area contributed by atoms with E-state index in [4.69, 9.17) is 14.7 Å². The average Bonchev–Trinajstić information content (AvgIpc) is 3.19. The first kappa shape index (κ1) is 29.8. The first-order valence-corrected chi connectivity index (χ1v) is 16.4. The van der Waals surface area contributed by atoms with E-state index in [9.17, 15) is 0 Å². The molecule has 0 N–H and O–H groups in total. The van der Waals surface area contributed by atoms with E-state index in [0.717, 1.165) is 78.5 Å². The fourth-order valence-corrected chi connectivity index (χ4v) is 6.14. The van der Waals surface area contributed by atoms with Crippen molar-refractivity contribution >= 4 is 0 Å². The number of nitrogens with zero attached hydrogens (tertiary/aromatic N) is 2. The lowest BCUT2D eigenvalue weighted by atomic mass is 9.98. The summed E-state index contributed by atoms with van der Waals surface area (Å²) in [5, 5.41) is 0. The summed E-state index contributed by atoms with van der Waals surface area (Å²) in [6.45, 7) is 0. The molecule has 0 aliphatic carbocycles. The molecule has 0 aliphatic heterocycles. The standard InChI is InChI=1S/C46H32N2O/c1-5-13-33(14-6-1)37-21-23-47-45(31-37)41-25-39(35-17-9-3-10-18-35)27-43(29-41)49-44-28-40(36-19-11-4-12-20-36)26-42(30-44)46-32-38(22-24-48-46)34-15-7-2-8-16-34/h1-32H. The van der Waals surface area contributed by atoms with Crippen LogP contribution in [0.1, 0.15) is 0 Å². The number of ether oxygens (including phenoxy) is 1. The smallest absolute Gasteiger partial charge is 0.128 e. The van der Waals surface area contributed by atoms with Crippen molar-refractivity contribution in [2.45, 2.75) is 0 Å². The Labute approximate surface area is 286 Å². The van der Waals surface area contributed by atoms with Gasteiger partial charge >= 0.3 is 0 Å². The van der Waals surface area contributed by atoms with E-state index in [2.05, 4.69) is 158 Å². The van der Waals surface area contributed by atoms with Gasteiger partial charge in [-0.05, 0) is 105 Å². The Morgan fingerprint density at radius 2 is 0.592 bits per heavy atom. The van der Waals surface area contributed by atoms with E-state index in [-0.39, 0.29) is 0 Å². The fourth-order valence-electron chi connectivity index (χ4n) is 6.14. The monoisotopic (exact) mass is 628 g/mol. The third-order valence-corrected chi connectivity index (χ3v) is 8.59. The summed E-state index contributed by atoms with van der Waals surface area (Å²) in [4.78, 5) is 9.59. The van der Waals surface area contributed by atoms with E-state index in [1.165, 1.54) is 0 Å². The van der Waals surface area contributed by atoms with Gasteiger partial charge < -0.3 is 4.74 Å². The molecule has 8 rings (SSSR count). The van der Waals surface area contributed by atoms with Gasteiger partial charge in [0, 0.05) is 23.5 Å². The minimum Gasteiger partial charge on any atom is -0.457 e. The van der Waals surface area contributed by atoms with Gasteiger partial charge in [-0.2, -0.15) is 0 Å². The molecule has 0 saturated heterocycles. The van der Waals surface area contributed by atoms with E-state index in [1.54, 1.807) is 0 Å². The SMILES string of the molecule is c1ccc(-c2cc(Oc3cc(-c4ccccc4)cc(-c4cc(-c5ccccc5)ccn4)c3)cc(-c3cc(-c4ccccc4)ccn3)c2)cc1. The predicted octanol–water partition coefficient (Wildman–Crippen LogP) is 12.3. The molecule has 8 aromatic rings. The Morgan fingerprint density at radius 1 is 0.265 bits per heavy atom. The second-order valence-electron chi connectivity index (χ2n) is 11.9. The molecule has 3 heteroatoms. The highest BCUT2D eigenvalue weighted by molar-refractivity contribution is 5.79. The number of benzene rings is 6. The van der Waals surface area contributed by atoms with Crippen molar-refractivity contribution in [1.82, 2.24) is 9.97 Å². The number of hydrogen-bond donors (Lipinski definition) is 0. The molecule has 0 aliphatic rings. The van der Waals surface area contributed by atoms with Crippen LogP contribution in [0.15, 0.2) is 194 Å². The fraction of sp³-hybridized carbons (Fsp3) is 0. The van der Waals surface area contributed by atoms with Crippen LogP contribution >= 0.6 is 0 Å². The quantitative estimate of drug-likeness (QED) is 0.168. The van der Waals surface area contributed by atoms with Gasteiger partial charge in [-0.25, -0.2) is 0 Å². The van der Waals surface area contributed by atoms with Crippen molar-refractivity contribution in [3.05, 3.63) is 194 Å². The second kappa shape index (κ2) is 13.6. The van der Waals surface area contributed by atoms with Crippen molar-refractivity contribution in [1.29, 1.82) is 0 Å². The summed E-state index contributed by atoms with van der Waals surface area (Å²) in [6.07, 6.45) is 3.75. The van der Waals surface area contributed by atoms with Crippen molar-refractivity contribution < 1.29 is 4.74 Å². The van der Waals surface area contributed by atoms with Gasteiger partial charge in [0.1, 0.15) is 11.5 Å². The molecule has 0 radical (unpaired) electrons. The minimum absolute atomic E-state index is 0.727. The molecule has 0 amide bonds. The van der Waals surface area contributed by atoms with Crippen LogP contribution in [0, 0.1) is 0 Å². The molecule has 0 fully saturated rings. The van der Waals surface area contributed by atoms with Crippen LogP contribution in [0.4, 0.5) is 0 Å². The van der Waals surface area contributed by atoms with Crippen LogP contribution < -0.4 is 4.74 Å². The number of hydrogen-bond acceptors (Lipinski definition) is 3. The predicted molar refractivity (Wildman–Crippen MR) is 201 cm³/mol. The molecular formula is C46H32N2O. The van der Waals surface area contributed by atoms with Gasteiger partial charge in [0.15, 0.2) is 0 Å². The molecule has 0 bridgehead atoms. The zero-order chi connectivity index (χ0) is 32.8. The third-order valence-electron chi connectivity index (χ3n) is 8.59. The molecule has 3 nitrogen and oxygen atoms in total. The molecule has 232 valence electrons. The average molecular weight is 629 g/mol. The summed E-state index contributed by atoms with van der Waals surface area (Å²) in [5.74, 6) is 1.45. The molecule has 0 atom stereocenters. The lowest BCUT2D eigenvalue weighted by Crippen LogP contribution is -1.92. The highest BCUT2D eigenvalue weighted by Crippen LogP contribution is 2.38. The molecule has 2 heterocycles. The Kier molecular flexibility index (Phi) is 8.30. The number of pyridine rings is 2. The van der Waals surface area contributed by atoms with Gasteiger partial charge in [-0.1, -0.05) is 121 Å². The van der Waals surface area contributed by atoms with Crippen molar-refractivity contribution in [2.24, 2.45) is 0 Å². The van der Waals surface area contributed by atoms with E-state index >= 15 is 0 Å². The minimum atomic E-state index is 0.727. The van der Waals surface area contributed by atoms with Gasteiger partial charge in [0.05, 0.1) is 11.4 Å². The maximum absolute atomic E-state index is 6.80. The zero-order valence-electron chi connectivity index (χ0n) is 26.8. The Bertz CT molecular complexity index is 2170. The summed E-state index contributed by atoms with van der Waals surface area (Å²) in [7, 11) is 0. The van der Waals surface area contributed by atoms with Gasteiger partial charge in [-0.15, -0.1) is 0 Å². The summed E-state index contributed by atoms with van der Waals surface area (Å²) in [5.41, 5.74) is 12.6. The van der Waals surface area contributed by atoms with Gasteiger partial charge in [0.25, 0.3) is 0 Å². The third kappa shape index (κ3) is 6.78. The van der Waals surface area contributed by atoms with E-state index in [1.807, 2.05) is 36.7 Å². The highest BCUT2D eigenvalue weighted by atomic mass is 16.5. The second-order valence-corrected chi connectivity index (χ2v) is 11.9. The lowest BCUT2D eigenvalue weighted by molar-refractivity contribution is 0.483. The van der Waals surface area contributed by atoms with E-state index in [0.29, 0.717) is 0 Å². The lowest BCUT2D eigenvalue weighted by Gasteiger charge is -2.15. The number of rotatable bonds is 8. The largest absolute Gasteiger partial charge is 0.457 e. The molecule has 0 saturated carbocycles. The Hall–Kier alpha value is -6.58. The first-order chi connectivity index (χ1) is 24.2. The first-order valence-electron chi connectivity index (χ1n) is 16.4. The summed E-state index contributed by atoms with van der Waals surface area (Å²) in [6, 6.07) is 62.7. The van der Waals surface area contributed by atoms with Crippen LogP contribution in [0.25, 0.3) is 67.0 Å². The van der Waals surface area contributed by atoms with Crippen LogP contribution in [0.3, 0.4) is 0 Å². The van der Waals surface area contributed by atoms with E-state index < -0.39 is 0 Å². The Morgan fingerprint density at radius 3 is 0.959 bits per heavy atom. The maximum atomic E-state index is 6.80. The highest BCUT2D eigenvalue weighted by Gasteiger charge is 2.13. The molecule has 49 heavy (non-hydrogen) atoms. The maximum Gasteiger partial charge on any atom is 0.128 e. The van der Waals surface area contributed by atoms with Crippen LogP contribution in [0.5, 0.6) is 11.5 Å². The van der Waals surface area contributed by atoms with Crippen LogP contribution in [-0.4, -0.2) is 9.97 Å². The zero-order valence-corrected chi connectivity index (χ0v) is 26.8.